The van der Waals surface area contributed by atoms with Crippen LogP contribution in [-0.4, -0.2) is 20.0 Å². The first-order valence-corrected chi connectivity index (χ1v) is 9.32. The van der Waals surface area contributed by atoms with Crippen LogP contribution in [0.15, 0.2) is 70.3 Å². The number of aromatic nitrogens is 4. The number of thioether (sulfide) groups is 1. The number of hydrogen-bond acceptors (Lipinski definition) is 5. The van der Waals surface area contributed by atoms with Gasteiger partial charge >= 0.3 is 0 Å². The summed E-state index contributed by atoms with van der Waals surface area (Å²) < 4.78 is 7.68. The lowest BCUT2D eigenvalue weighted by Gasteiger charge is -2.05. The maximum atomic E-state index is 5.73. The second kappa shape index (κ2) is 7.17. The second-order valence-electron chi connectivity index (χ2n) is 6.03. The van der Waals surface area contributed by atoms with Gasteiger partial charge in [-0.3, -0.25) is 0 Å². The van der Waals surface area contributed by atoms with Crippen molar-refractivity contribution in [1.82, 2.24) is 20.0 Å². The zero-order chi connectivity index (χ0) is 17.9. The van der Waals surface area contributed by atoms with Gasteiger partial charge in [0.15, 0.2) is 0 Å². The van der Waals surface area contributed by atoms with Crippen molar-refractivity contribution in [3.63, 3.8) is 0 Å². The van der Waals surface area contributed by atoms with Crippen molar-refractivity contribution in [2.24, 2.45) is 0 Å². The smallest absolute Gasteiger partial charge is 0.277 e. The van der Waals surface area contributed by atoms with E-state index >= 15 is 0 Å². The minimum Gasteiger partial charge on any atom is -0.411 e. The number of rotatable bonds is 5. The fraction of sp³-hybridized carbons (Fsp3) is 0.150. The van der Waals surface area contributed by atoms with Crippen molar-refractivity contribution in [3.05, 3.63) is 77.6 Å². The first-order valence-electron chi connectivity index (χ1n) is 8.33. The lowest BCUT2D eigenvalue weighted by Crippen LogP contribution is -1.98. The Morgan fingerprint density at radius 2 is 1.73 bits per heavy atom. The van der Waals surface area contributed by atoms with E-state index in [1.165, 1.54) is 17.3 Å². The Labute approximate surface area is 156 Å². The summed E-state index contributed by atoms with van der Waals surface area (Å²) in [6.07, 6.45) is 0. The van der Waals surface area contributed by atoms with Crippen LogP contribution in [0.4, 0.5) is 0 Å². The van der Waals surface area contributed by atoms with Crippen molar-refractivity contribution in [1.29, 1.82) is 0 Å². The Balaban J connectivity index is 1.42. The summed E-state index contributed by atoms with van der Waals surface area (Å²) in [6.45, 7) is 4.06. The van der Waals surface area contributed by atoms with Crippen LogP contribution in [0.25, 0.3) is 17.1 Å². The van der Waals surface area contributed by atoms with E-state index in [4.69, 9.17) is 4.42 Å². The third-order valence-corrected chi connectivity index (χ3v) is 4.87. The van der Waals surface area contributed by atoms with E-state index in [1.807, 2.05) is 41.9 Å². The van der Waals surface area contributed by atoms with Crippen LogP contribution in [-0.2, 0) is 5.75 Å². The molecule has 5 nitrogen and oxygen atoms in total. The Morgan fingerprint density at radius 1 is 0.962 bits per heavy atom. The topological polar surface area (TPSA) is 56.7 Å². The zero-order valence-electron chi connectivity index (χ0n) is 14.6. The monoisotopic (exact) mass is 362 g/mol. The van der Waals surface area contributed by atoms with Crippen molar-refractivity contribution in [3.8, 4) is 17.1 Å². The summed E-state index contributed by atoms with van der Waals surface area (Å²) in [5, 5.41) is 13.3. The van der Waals surface area contributed by atoms with Gasteiger partial charge in [0.1, 0.15) is 0 Å². The molecule has 26 heavy (non-hydrogen) atoms. The molecule has 0 aliphatic carbocycles. The molecule has 2 heterocycles. The molecule has 0 saturated carbocycles. The lowest BCUT2D eigenvalue weighted by atomic mass is 10.2. The highest BCUT2D eigenvalue weighted by molar-refractivity contribution is 7.98. The SMILES string of the molecule is Cc1cc(C)n(-c2ccc(CSc3nnc(-c4ccccc4)o3)cc2)n1. The molecule has 0 saturated heterocycles. The fourth-order valence-electron chi connectivity index (χ4n) is 2.73. The van der Waals surface area contributed by atoms with Crippen LogP contribution in [0.3, 0.4) is 0 Å². The van der Waals surface area contributed by atoms with Gasteiger partial charge in [0.2, 0.25) is 5.89 Å². The minimum absolute atomic E-state index is 0.549. The highest BCUT2D eigenvalue weighted by atomic mass is 32.2. The summed E-state index contributed by atoms with van der Waals surface area (Å²) in [5.74, 6) is 1.32. The van der Waals surface area contributed by atoms with Gasteiger partial charge in [0.25, 0.3) is 5.22 Å². The van der Waals surface area contributed by atoms with Gasteiger partial charge in [-0.2, -0.15) is 5.10 Å². The molecule has 130 valence electrons. The van der Waals surface area contributed by atoms with Gasteiger partial charge in [-0.15, -0.1) is 10.2 Å². The van der Waals surface area contributed by atoms with Crippen LogP contribution >= 0.6 is 11.8 Å². The standard InChI is InChI=1S/C20H18N4OS/c1-14-12-15(2)24(23-14)18-10-8-16(9-11-18)13-26-20-22-21-19(25-20)17-6-4-3-5-7-17/h3-12H,13H2,1-2H3. The average Bonchev–Trinajstić information content (AvgIpc) is 3.27. The number of hydrogen-bond donors (Lipinski definition) is 0. The first-order chi connectivity index (χ1) is 12.7. The Hall–Kier alpha value is -2.86. The third-order valence-electron chi connectivity index (χ3n) is 3.98. The highest BCUT2D eigenvalue weighted by Crippen LogP contribution is 2.26. The summed E-state index contributed by atoms with van der Waals surface area (Å²) in [4.78, 5) is 0. The lowest BCUT2D eigenvalue weighted by molar-refractivity contribution is 0.466. The zero-order valence-corrected chi connectivity index (χ0v) is 15.4. The van der Waals surface area contributed by atoms with Crippen LogP contribution in [0.1, 0.15) is 17.0 Å². The predicted octanol–water partition coefficient (Wildman–Crippen LogP) is 4.83. The molecule has 6 heteroatoms. The summed E-state index contributed by atoms with van der Waals surface area (Å²) in [5.41, 5.74) is 5.34. The van der Waals surface area contributed by atoms with E-state index in [2.05, 4.69) is 52.6 Å². The molecule has 0 aliphatic rings. The van der Waals surface area contributed by atoms with E-state index in [1.54, 1.807) is 0 Å². The normalized spacial score (nSPS) is 11.0. The Kier molecular flexibility index (Phi) is 4.58. The quantitative estimate of drug-likeness (QED) is 0.476. The molecule has 0 fully saturated rings. The van der Waals surface area contributed by atoms with E-state index in [0.717, 1.165) is 28.4 Å². The molecule has 0 N–H and O–H groups in total. The maximum absolute atomic E-state index is 5.73. The highest BCUT2D eigenvalue weighted by Gasteiger charge is 2.09. The minimum atomic E-state index is 0.549. The molecular weight excluding hydrogens is 344 g/mol. The van der Waals surface area contributed by atoms with E-state index in [-0.39, 0.29) is 0 Å². The van der Waals surface area contributed by atoms with Gasteiger partial charge in [-0.05, 0) is 49.7 Å². The first kappa shape index (κ1) is 16.6. The van der Waals surface area contributed by atoms with Gasteiger partial charge in [-0.1, -0.05) is 42.1 Å². The average molecular weight is 362 g/mol. The molecule has 0 bridgehead atoms. The molecule has 0 unspecified atom stereocenters. The fourth-order valence-corrected chi connectivity index (χ4v) is 3.45. The predicted molar refractivity (Wildman–Crippen MR) is 102 cm³/mol. The molecule has 0 amide bonds. The third kappa shape index (κ3) is 3.55. The summed E-state index contributed by atoms with van der Waals surface area (Å²) in [6, 6.07) is 20.2. The molecule has 4 rings (SSSR count). The van der Waals surface area contributed by atoms with Crippen LogP contribution in [0.2, 0.25) is 0 Å². The van der Waals surface area contributed by atoms with Crippen molar-refractivity contribution < 1.29 is 4.42 Å². The molecule has 2 aromatic heterocycles. The molecule has 0 radical (unpaired) electrons. The Bertz CT molecular complexity index is 1010. The molecule has 0 aliphatic heterocycles. The van der Waals surface area contributed by atoms with Crippen molar-refractivity contribution >= 4 is 11.8 Å². The Morgan fingerprint density at radius 3 is 2.42 bits per heavy atom. The summed E-state index contributed by atoms with van der Waals surface area (Å²) >= 11 is 1.54. The number of nitrogens with zero attached hydrogens (tertiary/aromatic N) is 4. The maximum Gasteiger partial charge on any atom is 0.277 e. The molecule has 4 aromatic rings. The number of aryl methyl sites for hydroxylation is 2. The van der Waals surface area contributed by atoms with Crippen molar-refractivity contribution in [2.75, 3.05) is 0 Å². The van der Waals surface area contributed by atoms with Crippen LogP contribution in [0.5, 0.6) is 0 Å². The van der Waals surface area contributed by atoms with Crippen LogP contribution < -0.4 is 0 Å². The van der Waals surface area contributed by atoms with E-state index in [9.17, 15) is 0 Å². The van der Waals surface area contributed by atoms with Crippen LogP contribution in [0, 0.1) is 13.8 Å². The van der Waals surface area contributed by atoms with Crippen molar-refractivity contribution in [2.45, 2.75) is 24.8 Å². The molecular formula is C20H18N4OS. The molecule has 2 aromatic carbocycles. The van der Waals surface area contributed by atoms with E-state index < -0.39 is 0 Å². The van der Waals surface area contributed by atoms with Gasteiger partial charge in [0, 0.05) is 17.0 Å². The van der Waals surface area contributed by atoms with E-state index in [0.29, 0.717) is 11.1 Å². The van der Waals surface area contributed by atoms with Gasteiger partial charge in [-0.25, -0.2) is 4.68 Å². The van der Waals surface area contributed by atoms with Gasteiger partial charge < -0.3 is 4.42 Å². The molecule has 0 spiro atoms. The van der Waals surface area contributed by atoms with Gasteiger partial charge in [0.05, 0.1) is 11.4 Å². The second-order valence-corrected chi connectivity index (χ2v) is 6.96. The summed E-state index contributed by atoms with van der Waals surface area (Å²) in [7, 11) is 0. The largest absolute Gasteiger partial charge is 0.411 e. The number of benzene rings is 2. The molecule has 0 atom stereocenters.